The van der Waals surface area contributed by atoms with Crippen molar-refractivity contribution in [3.63, 3.8) is 0 Å². The van der Waals surface area contributed by atoms with Crippen molar-refractivity contribution in [1.29, 1.82) is 0 Å². The molecule has 0 atom stereocenters. The monoisotopic (exact) mass is 347 g/mol. The van der Waals surface area contributed by atoms with Gasteiger partial charge in [0, 0.05) is 25.0 Å². The Balaban J connectivity index is 0.00000151. The Bertz CT molecular complexity index is 579. The zero-order valence-corrected chi connectivity index (χ0v) is 15.6. The highest BCUT2D eigenvalue weighted by atomic mass is 16.5. The van der Waals surface area contributed by atoms with Gasteiger partial charge in [0.15, 0.2) is 0 Å². The summed E-state index contributed by atoms with van der Waals surface area (Å²) >= 11 is 0. The maximum absolute atomic E-state index is 12.6. The van der Waals surface area contributed by atoms with Gasteiger partial charge in [0.25, 0.3) is 5.91 Å². The van der Waals surface area contributed by atoms with Crippen molar-refractivity contribution in [3.05, 3.63) is 41.6 Å². The SMILES string of the molecule is CC.CN/C(CN1CCCC1)=C(\C(=O)Nc1ccccc1)C(=O)OC. The van der Waals surface area contributed by atoms with Gasteiger partial charge >= 0.3 is 5.97 Å². The van der Waals surface area contributed by atoms with Crippen LogP contribution in [-0.2, 0) is 14.3 Å². The molecule has 0 aromatic heterocycles. The Kier molecular flexibility index (Phi) is 9.32. The third-order valence-electron chi connectivity index (χ3n) is 3.83. The number of esters is 1. The second-order valence-corrected chi connectivity index (χ2v) is 5.40. The minimum absolute atomic E-state index is 0.0192. The van der Waals surface area contributed by atoms with E-state index >= 15 is 0 Å². The van der Waals surface area contributed by atoms with Crippen LogP contribution in [0.4, 0.5) is 5.69 Å². The van der Waals surface area contributed by atoms with Crippen LogP contribution in [0.3, 0.4) is 0 Å². The van der Waals surface area contributed by atoms with Crippen LogP contribution >= 0.6 is 0 Å². The number of hydrogen-bond donors (Lipinski definition) is 2. The average molecular weight is 347 g/mol. The van der Waals surface area contributed by atoms with E-state index in [4.69, 9.17) is 4.74 Å². The molecule has 1 aliphatic heterocycles. The van der Waals surface area contributed by atoms with E-state index in [2.05, 4.69) is 15.5 Å². The number of ether oxygens (including phenoxy) is 1. The van der Waals surface area contributed by atoms with Gasteiger partial charge < -0.3 is 15.4 Å². The molecule has 1 amide bonds. The number of amides is 1. The van der Waals surface area contributed by atoms with Crippen molar-refractivity contribution in [3.8, 4) is 0 Å². The lowest BCUT2D eigenvalue weighted by Crippen LogP contribution is -2.33. The first-order valence-electron chi connectivity index (χ1n) is 8.73. The van der Waals surface area contributed by atoms with Crippen LogP contribution in [0.1, 0.15) is 26.7 Å². The minimum atomic E-state index is -0.637. The number of carbonyl (C=O) groups excluding carboxylic acids is 2. The third kappa shape index (κ3) is 6.23. The van der Waals surface area contributed by atoms with E-state index in [9.17, 15) is 9.59 Å². The van der Waals surface area contributed by atoms with Gasteiger partial charge in [0.1, 0.15) is 5.57 Å². The lowest BCUT2D eigenvalue weighted by molar-refractivity contribution is -0.137. The zero-order valence-electron chi connectivity index (χ0n) is 15.6. The molecule has 6 heteroatoms. The normalized spacial score (nSPS) is 14.7. The number of likely N-dealkylation sites (N-methyl/N-ethyl adjacent to an activating group) is 1. The van der Waals surface area contributed by atoms with Crippen LogP contribution in [0.15, 0.2) is 41.6 Å². The molecule has 138 valence electrons. The summed E-state index contributed by atoms with van der Waals surface area (Å²) in [6.45, 7) is 6.48. The number of anilines is 1. The quantitative estimate of drug-likeness (QED) is 0.358. The van der Waals surface area contributed by atoms with Crippen LogP contribution < -0.4 is 10.6 Å². The van der Waals surface area contributed by atoms with Gasteiger partial charge in [-0.25, -0.2) is 4.79 Å². The number of rotatable bonds is 6. The average Bonchev–Trinajstić information content (AvgIpc) is 3.16. The highest BCUT2D eigenvalue weighted by molar-refractivity contribution is 6.21. The molecule has 1 heterocycles. The van der Waals surface area contributed by atoms with Crippen molar-refractivity contribution in [1.82, 2.24) is 10.2 Å². The molecule has 1 aromatic carbocycles. The predicted molar refractivity (Wildman–Crippen MR) is 100 cm³/mol. The Labute approximate surface area is 150 Å². The van der Waals surface area contributed by atoms with E-state index in [1.165, 1.54) is 7.11 Å². The fraction of sp³-hybridized carbons (Fsp3) is 0.474. The van der Waals surface area contributed by atoms with E-state index in [1.807, 2.05) is 32.0 Å². The van der Waals surface area contributed by atoms with Crippen molar-refractivity contribution < 1.29 is 14.3 Å². The number of nitrogens with zero attached hydrogens (tertiary/aromatic N) is 1. The molecular formula is C19H29N3O3. The Morgan fingerprint density at radius 1 is 1.12 bits per heavy atom. The topological polar surface area (TPSA) is 70.7 Å². The van der Waals surface area contributed by atoms with Crippen LogP contribution in [0.5, 0.6) is 0 Å². The van der Waals surface area contributed by atoms with Gasteiger partial charge in [-0.15, -0.1) is 0 Å². The van der Waals surface area contributed by atoms with Crippen molar-refractivity contribution in [2.24, 2.45) is 0 Å². The molecule has 1 aliphatic rings. The van der Waals surface area contributed by atoms with Crippen molar-refractivity contribution in [2.75, 3.05) is 39.1 Å². The molecule has 1 fully saturated rings. The molecule has 6 nitrogen and oxygen atoms in total. The molecular weight excluding hydrogens is 318 g/mol. The summed E-state index contributed by atoms with van der Waals surface area (Å²) in [6.07, 6.45) is 2.28. The van der Waals surface area contributed by atoms with Gasteiger partial charge in [-0.3, -0.25) is 9.69 Å². The molecule has 2 rings (SSSR count). The summed E-state index contributed by atoms with van der Waals surface area (Å²) < 4.78 is 4.80. The molecule has 25 heavy (non-hydrogen) atoms. The summed E-state index contributed by atoms with van der Waals surface area (Å²) in [6, 6.07) is 9.04. The first-order chi connectivity index (χ1) is 12.2. The second-order valence-electron chi connectivity index (χ2n) is 5.40. The van der Waals surface area contributed by atoms with E-state index < -0.39 is 11.9 Å². The summed E-state index contributed by atoms with van der Waals surface area (Å²) in [5, 5.41) is 5.73. The maximum atomic E-state index is 12.6. The number of hydrogen-bond acceptors (Lipinski definition) is 5. The zero-order chi connectivity index (χ0) is 18.7. The summed E-state index contributed by atoms with van der Waals surface area (Å²) in [5.41, 5.74) is 1.23. The van der Waals surface area contributed by atoms with Crippen LogP contribution in [0, 0.1) is 0 Å². The molecule has 0 spiro atoms. The standard InChI is InChI=1S/C17H23N3O3.C2H6/c1-18-14(12-20-10-6-7-11-20)15(17(22)23-2)16(21)19-13-8-4-3-5-9-13;1-2/h3-5,8-9,18H,6-7,10-12H2,1-2H3,(H,19,21);1-2H3/b15-14+;. The van der Waals surface area contributed by atoms with Gasteiger partial charge in [-0.2, -0.15) is 0 Å². The van der Waals surface area contributed by atoms with Gasteiger partial charge in [-0.05, 0) is 38.1 Å². The van der Waals surface area contributed by atoms with Crippen molar-refractivity contribution in [2.45, 2.75) is 26.7 Å². The number of nitrogens with one attached hydrogen (secondary N) is 2. The van der Waals surface area contributed by atoms with Crippen LogP contribution in [0.25, 0.3) is 0 Å². The highest BCUT2D eigenvalue weighted by Gasteiger charge is 2.25. The van der Waals surface area contributed by atoms with E-state index in [1.54, 1.807) is 19.2 Å². The molecule has 2 N–H and O–H groups in total. The third-order valence-corrected chi connectivity index (χ3v) is 3.83. The van der Waals surface area contributed by atoms with Crippen LogP contribution in [0.2, 0.25) is 0 Å². The van der Waals surface area contributed by atoms with Gasteiger partial charge in [0.2, 0.25) is 0 Å². The van der Waals surface area contributed by atoms with Crippen LogP contribution in [-0.4, -0.2) is 50.6 Å². The molecule has 1 saturated heterocycles. The highest BCUT2D eigenvalue weighted by Crippen LogP contribution is 2.14. The summed E-state index contributed by atoms with van der Waals surface area (Å²) in [7, 11) is 2.99. The first kappa shape index (κ1) is 20.7. The molecule has 0 radical (unpaired) electrons. The van der Waals surface area contributed by atoms with E-state index in [0.29, 0.717) is 17.9 Å². The lowest BCUT2D eigenvalue weighted by atomic mass is 10.1. The number of methoxy groups -OCH3 is 1. The maximum Gasteiger partial charge on any atom is 0.345 e. The fourth-order valence-corrected chi connectivity index (χ4v) is 2.62. The fourth-order valence-electron chi connectivity index (χ4n) is 2.62. The number of carbonyl (C=O) groups is 2. The molecule has 0 unspecified atom stereocenters. The molecule has 0 aliphatic carbocycles. The van der Waals surface area contributed by atoms with Gasteiger partial charge in [-0.1, -0.05) is 32.0 Å². The second kappa shape index (κ2) is 11.3. The summed E-state index contributed by atoms with van der Waals surface area (Å²) in [4.78, 5) is 26.9. The Hall–Kier alpha value is -2.34. The Morgan fingerprint density at radius 2 is 1.72 bits per heavy atom. The number of para-hydroxylation sites is 1. The minimum Gasteiger partial charge on any atom is -0.465 e. The molecule has 0 bridgehead atoms. The number of benzene rings is 1. The summed E-state index contributed by atoms with van der Waals surface area (Å²) in [5.74, 6) is -1.10. The van der Waals surface area contributed by atoms with Gasteiger partial charge in [0.05, 0.1) is 7.11 Å². The number of likely N-dealkylation sites (tertiary alicyclic amines) is 1. The van der Waals surface area contributed by atoms with Crippen molar-refractivity contribution >= 4 is 17.6 Å². The first-order valence-corrected chi connectivity index (χ1v) is 8.73. The van der Waals surface area contributed by atoms with E-state index in [0.717, 1.165) is 25.9 Å². The largest absolute Gasteiger partial charge is 0.465 e. The molecule has 1 aromatic rings. The lowest BCUT2D eigenvalue weighted by Gasteiger charge is -2.19. The molecule has 0 saturated carbocycles. The smallest absolute Gasteiger partial charge is 0.345 e. The Morgan fingerprint density at radius 3 is 2.24 bits per heavy atom. The van der Waals surface area contributed by atoms with E-state index in [-0.39, 0.29) is 5.57 Å². The predicted octanol–water partition coefficient (Wildman–Crippen LogP) is 2.39.